The summed E-state index contributed by atoms with van der Waals surface area (Å²) in [7, 11) is 0. The Morgan fingerprint density at radius 1 is 1.23 bits per heavy atom. The third kappa shape index (κ3) is 4.12. The van der Waals surface area contributed by atoms with Gasteiger partial charge in [0.05, 0.1) is 23.5 Å². The lowest BCUT2D eigenvalue weighted by Gasteiger charge is -2.21. The normalized spacial score (nSPS) is 14.6. The van der Waals surface area contributed by atoms with Crippen molar-refractivity contribution in [3.05, 3.63) is 56.7 Å². The van der Waals surface area contributed by atoms with E-state index in [0.29, 0.717) is 24.4 Å². The van der Waals surface area contributed by atoms with E-state index in [2.05, 4.69) is 27.9 Å². The Morgan fingerprint density at radius 3 is 2.62 bits per heavy atom. The second kappa shape index (κ2) is 7.43. The van der Waals surface area contributed by atoms with E-state index < -0.39 is 17.6 Å². The zero-order chi connectivity index (χ0) is 18.9. The van der Waals surface area contributed by atoms with Crippen LogP contribution in [-0.2, 0) is 10.9 Å². The first-order valence-electron chi connectivity index (χ1n) is 7.87. The van der Waals surface area contributed by atoms with Crippen LogP contribution in [0, 0.1) is 10.5 Å². The van der Waals surface area contributed by atoms with Gasteiger partial charge in [0.2, 0.25) is 0 Å². The van der Waals surface area contributed by atoms with Crippen LogP contribution in [0.15, 0.2) is 36.4 Å². The molecule has 1 fully saturated rings. The van der Waals surface area contributed by atoms with Crippen molar-refractivity contribution in [1.29, 1.82) is 0 Å². The van der Waals surface area contributed by atoms with Gasteiger partial charge in [-0.2, -0.15) is 13.2 Å². The highest BCUT2D eigenvalue weighted by atomic mass is 127. The molecule has 1 amide bonds. The number of aryl methyl sites for hydroxylation is 1. The van der Waals surface area contributed by atoms with Gasteiger partial charge in [-0.05, 0) is 65.4 Å². The van der Waals surface area contributed by atoms with Crippen molar-refractivity contribution < 1.29 is 22.7 Å². The van der Waals surface area contributed by atoms with Gasteiger partial charge in [0.1, 0.15) is 6.73 Å². The largest absolute Gasteiger partial charge is 0.416 e. The Hall–Kier alpha value is -1.81. The maximum Gasteiger partial charge on any atom is 0.416 e. The molecule has 1 saturated heterocycles. The van der Waals surface area contributed by atoms with Gasteiger partial charge >= 0.3 is 6.18 Å². The Bertz CT molecular complexity index is 834. The number of anilines is 2. The molecule has 138 valence electrons. The molecule has 1 N–H and O–H groups in total. The van der Waals surface area contributed by atoms with Gasteiger partial charge in [0.15, 0.2) is 0 Å². The van der Waals surface area contributed by atoms with Crippen molar-refractivity contribution in [3.8, 4) is 0 Å². The van der Waals surface area contributed by atoms with Crippen molar-refractivity contribution in [1.82, 2.24) is 0 Å². The average Bonchev–Trinajstić information content (AvgIpc) is 3.10. The third-order valence-electron chi connectivity index (χ3n) is 4.10. The molecule has 2 aromatic rings. The van der Waals surface area contributed by atoms with Gasteiger partial charge in [-0.25, -0.2) is 0 Å². The first-order valence-corrected chi connectivity index (χ1v) is 8.95. The molecule has 0 aliphatic carbocycles. The van der Waals surface area contributed by atoms with Gasteiger partial charge in [-0.3, -0.25) is 4.79 Å². The van der Waals surface area contributed by atoms with Crippen LogP contribution in [0.4, 0.5) is 24.5 Å². The highest BCUT2D eigenvalue weighted by Crippen LogP contribution is 2.36. The Morgan fingerprint density at radius 2 is 2.00 bits per heavy atom. The molecule has 0 bridgehead atoms. The minimum Gasteiger partial charge on any atom is -0.359 e. The molecule has 0 aromatic heterocycles. The Kier molecular flexibility index (Phi) is 5.42. The van der Waals surface area contributed by atoms with Crippen LogP contribution in [0.3, 0.4) is 0 Å². The van der Waals surface area contributed by atoms with Crippen LogP contribution in [0.5, 0.6) is 0 Å². The molecule has 0 unspecified atom stereocenters. The van der Waals surface area contributed by atoms with Gasteiger partial charge in [-0.15, -0.1) is 0 Å². The highest BCUT2D eigenvalue weighted by Gasteiger charge is 2.32. The molecule has 3 rings (SSSR count). The van der Waals surface area contributed by atoms with E-state index >= 15 is 0 Å². The third-order valence-corrected chi connectivity index (χ3v) is 5.26. The summed E-state index contributed by atoms with van der Waals surface area (Å²) in [6, 6.07) is 8.50. The Labute approximate surface area is 162 Å². The molecule has 0 spiro atoms. The number of hydrogen-bond acceptors (Lipinski definition) is 3. The standard InChI is InChI=1S/C18H16F3IN2O2/c1-11-2-3-12(8-14(11)22)17(25)23-15-9-13(18(19,20)21)4-5-16(15)24-6-7-26-10-24/h2-5,8-9H,6-7,10H2,1H3,(H,23,25). The summed E-state index contributed by atoms with van der Waals surface area (Å²) in [6.45, 7) is 3.24. The molecular formula is C18H16F3IN2O2. The van der Waals surface area contributed by atoms with Gasteiger partial charge in [0, 0.05) is 15.7 Å². The number of ether oxygens (including phenoxy) is 1. The number of alkyl halides is 3. The Balaban J connectivity index is 1.95. The predicted molar refractivity (Wildman–Crippen MR) is 101 cm³/mol. The summed E-state index contributed by atoms with van der Waals surface area (Å²) < 4.78 is 45.4. The van der Waals surface area contributed by atoms with E-state index in [9.17, 15) is 18.0 Å². The minimum atomic E-state index is -4.49. The van der Waals surface area contributed by atoms with Crippen LogP contribution in [0.1, 0.15) is 21.5 Å². The first-order chi connectivity index (χ1) is 12.3. The van der Waals surface area contributed by atoms with Crippen molar-refractivity contribution in [2.75, 3.05) is 30.1 Å². The van der Waals surface area contributed by atoms with Crippen molar-refractivity contribution in [2.24, 2.45) is 0 Å². The summed E-state index contributed by atoms with van der Waals surface area (Å²) in [5.41, 5.74) is 1.23. The van der Waals surface area contributed by atoms with Crippen LogP contribution in [0.2, 0.25) is 0 Å². The maximum atomic E-state index is 13.1. The molecule has 1 aliphatic heterocycles. The zero-order valence-electron chi connectivity index (χ0n) is 13.9. The lowest BCUT2D eigenvalue weighted by molar-refractivity contribution is -0.137. The number of halogens is 4. The van der Waals surface area contributed by atoms with E-state index in [1.54, 1.807) is 23.1 Å². The predicted octanol–water partition coefficient (Wildman–Crippen LogP) is 4.66. The molecule has 0 saturated carbocycles. The number of carbonyl (C=O) groups excluding carboxylic acids is 1. The molecule has 8 heteroatoms. The summed E-state index contributed by atoms with van der Waals surface area (Å²) in [6.07, 6.45) is -4.49. The second-order valence-corrected chi connectivity index (χ2v) is 7.11. The summed E-state index contributed by atoms with van der Waals surface area (Å²) in [4.78, 5) is 14.3. The lowest BCUT2D eigenvalue weighted by atomic mass is 10.1. The van der Waals surface area contributed by atoms with Crippen LogP contribution in [-0.4, -0.2) is 25.8 Å². The van der Waals surface area contributed by atoms with E-state index in [1.807, 2.05) is 6.92 Å². The lowest BCUT2D eigenvalue weighted by Crippen LogP contribution is -2.22. The molecule has 1 heterocycles. The zero-order valence-corrected chi connectivity index (χ0v) is 16.0. The SMILES string of the molecule is Cc1ccc(C(=O)Nc2cc(C(F)(F)F)ccc2N2CCOC2)cc1I. The topological polar surface area (TPSA) is 41.6 Å². The van der Waals surface area contributed by atoms with Crippen LogP contribution >= 0.6 is 22.6 Å². The average molecular weight is 476 g/mol. The number of nitrogens with zero attached hydrogens (tertiary/aromatic N) is 1. The van der Waals surface area contributed by atoms with Gasteiger partial charge in [-0.1, -0.05) is 6.07 Å². The van der Waals surface area contributed by atoms with Crippen LogP contribution < -0.4 is 10.2 Å². The van der Waals surface area contributed by atoms with Gasteiger partial charge < -0.3 is 15.0 Å². The fourth-order valence-electron chi connectivity index (χ4n) is 2.62. The molecule has 1 aliphatic rings. The minimum absolute atomic E-state index is 0.117. The fourth-order valence-corrected chi connectivity index (χ4v) is 3.14. The molecule has 4 nitrogen and oxygen atoms in total. The molecule has 0 radical (unpaired) electrons. The second-order valence-electron chi connectivity index (χ2n) is 5.95. The first kappa shape index (κ1) is 19.0. The summed E-state index contributed by atoms with van der Waals surface area (Å²) in [5, 5.41) is 2.62. The summed E-state index contributed by atoms with van der Waals surface area (Å²) in [5.74, 6) is -0.455. The van der Waals surface area contributed by atoms with E-state index in [0.717, 1.165) is 21.3 Å². The highest BCUT2D eigenvalue weighted by molar-refractivity contribution is 14.1. The van der Waals surface area contributed by atoms with Crippen molar-refractivity contribution in [3.63, 3.8) is 0 Å². The monoisotopic (exact) mass is 476 g/mol. The van der Waals surface area contributed by atoms with Crippen molar-refractivity contribution >= 4 is 39.9 Å². The number of benzene rings is 2. The quantitative estimate of drug-likeness (QED) is 0.656. The fraction of sp³-hybridized carbons (Fsp3) is 0.278. The van der Waals surface area contributed by atoms with E-state index in [-0.39, 0.29) is 12.4 Å². The molecule has 26 heavy (non-hydrogen) atoms. The number of amides is 1. The maximum absolute atomic E-state index is 13.1. The van der Waals surface area contributed by atoms with E-state index in [4.69, 9.17) is 4.74 Å². The van der Waals surface area contributed by atoms with Crippen LogP contribution in [0.25, 0.3) is 0 Å². The number of carbonyl (C=O) groups is 1. The summed E-state index contributed by atoms with van der Waals surface area (Å²) >= 11 is 2.11. The smallest absolute Gasteiger partial charge is 0.359 e. The van der Waals surface area contributed by atoms with E-state index in [1.165, 1.54) is 6.07 Å². The molecule has 0 atom stereocenters. The molecule has 2 aromatic carbocycles. The molecular weight excluding hydrogens is 460 g/mol. The van der Waals surface area contributed by atoms with Gasteiger partial charge in [0.25, 0.3) is 5.91 Å². The number of hydrogen-bond donors (Lipinski definition) is 1. The van der Waals surface area contributed by atoms with Crippen molar-refractivity contribution in [2.45, 2.75) is 13.1 Å². The number of rotatable bonds is 3. The number of nitrogens with one attached hydrogen (secondary N) is 1.